The van der Waals surface area contributed by atoms with Crippen LogP contribution in [0, 0.1) is 13.8 Å². The zero-order valence-electron chi connectivity index (χ0n) is 23.2. The molecule has 1 amide bonds. The van der Waals surface area contributed by atoms with Crippen molar-refractivity contribution in [3.05, 3.63) is 53.9 Å². The Bertz CT molecular complexity index is 1700. The van der Waals surface area contributed by atoms with Crippen LogP contribution < -0.4 is 11.1 Å². The molecule has 0 atom stereocenters. The second-order valence-corrected chi connectivity index (χ2v) is 10.8. The van der Waals surface area contributed by atoms with E-state index in [2.05, 4.69) is 26.3 Å². The largest absolute Gasteiger partial charge is 0.423 e. The van der Waals surface area contributed by atoms with E-state index in [4.69, 9.17) is 15.2 Å². The molecule has 3 aromatic heterocycles. The maximum atomic E-state index is 12.5. The molecule has 1 aliphatic heterocycles. The Morgan fingerprint density at radius 1 is 1.12 bits per heavy atom. The minimum atomic E-state index is 0.112. The van der Waals surface area contributed by atoms with Crippen molar-refractivity contribution in [2.75, 3.05) is 44.8 Å². The van der Waals surface area contributed by atoms with E-state index >= 15 is 0 Å². The van der Waals surface area contributed by atoms with Gasteiger partial charge in [0.05, 0.1) is 18.0 Å². The van der Waals surface area contributed by atoms with Gasteiger partial charge in [-0.05, 0) is 70.1 Å². The van der Waals surface area contributed by atoms with Crippen molar-refractivity contribution in [2.45, 2.75) is 32.7 Å². The number of nitrogens with two attached hydrogens (primary N) is 1. The lowest BCUT2D eigenvalue weighted by atomic mass is 10.1. The Labute approximate surface area is 232 Å². The number of benzene rings is 2. The Hall–Kier alpha value is -4.51. The van der Waals surface area contributed by atoms with Gasteiger partial charge in [-0.1, -0.05) is 18.2 Å². The van der Waals surface area contributed by atoms with Gasteiger partial charge in [0.25, 0.3) is 6.01 Å². The zero-order valence-corrected chi connectivity index (χ0v) is 23.2. The monoisotopic (exact) mass is 539 g/mol. The smallest absolute Gasteiger partial charge is 0.300 e. The molecule has 2 aromatic carbocycles. The molecule has 5 aromatic rings. The lowest BCUT2D eigenvalue weighted by Gasteiger charge is -2.32. The standard InChI is InChI=1S/C29H33N9O2/c1-17-13-18(2)26-22(14-17)34-29(40-26)33-20-7-5-19(6-8-20)25-24-27(30)31-16-32-28(24)38(35-25)21-9-11-37(12-10-21)23(39)15-36(3)4/h5-8,13-14,16,21H,9-12,15H2,1-4H3,(H,33,34)(H2,30,31,32). The first-order valence-corrected chi connectivity index (χ1v) is 13.4. The van der Waals surface area contributed by atoms with Gasteiger partial charge >= 0.3 is 0 Å². The van der Waals surface area contributed by atoms with Crippen LogP contribution in [0.3, 0.4) is 0 Å². The van der Waals surface area contributed by atoms with E-state index in [0.29, 0.717) is 37.1 Å². The van der Waals surface area contributed by atoms with E-state index in [1.165, 1.54) is 6.33 Å². The third-order valence-corrected chi connectivity index (χ3v) is 7.36. The van der Waals surface area contributed by atoms with Gasteiger partial charge < -0.3 is 25.3 Å². The fraction of sp³-hybridized carbons (Fsp3) is 0.345. The molecule has 206 valence electrons. The van der Waals surface area contributed by atoms with Crippen LogP contribution in [0.4, 0.5) is 17.5 Å². The lowest BCUT2D eigenvalue weighted by molar-refractivity contribution is -0.133. The number of anilines is 3. The molecule has 1 aliphatic rings. The summed E-state index contributed by atoms with van der Waals surface area (Å²) in [5.74, 6) is 0.544. The van der Waals surface area contributed by atoms with Crippen molar-refractivity contribution in [3.8, 4) is 11.3 Å². The Morgan fingerprint density at radius 2 is 1.88 bits per heavy atom. The fourth-order valence-corrected chi connectivity index (χ4v) is 5.45. The number of nitrogens with one attached hydrogen (secondary N) is 1. The molecular weight excluding hydrogens is 506 g/mol. The molecule has 3 N–H and O–H groups in total. The highest BCUT2D eigenvalue weighted by atomic mass is 16.4. The summed E-state index contributed by atoms with van der Waals surface area (Å²) in [5.41, 5.74) is 13.3. The van der Waals surface area contributed by atoms with E-state index in [1.54, 1.807) is 0 Å². The molecule has 40 heavy (non-hydrogen) atoms. The van der Waals surface area contributed by atoms with Crippen LogP contribution in [0.25, 0.3) is 33.4 Å². The van der Waals surface area contributed by atoms with E-state index in [9.17, 15) is 4.79 Å². The second-order valence-electron chi connectivity index (χ2n) is 10.8. The normalized spacial score (nSPS) is 14.5. The lowest BCUT2D eigenvalue weighted by Crippen LogP contribution is -2.43. The molecule has 0 aliphatic carbocycles. The van der Waals surface area contributed by atoms with Crippen LogP contribution in [0.15, 0.2) is 47.1 Å². The van der Waals surface area contributed by atoms with Gasteiger partial charge in [-0.25, -0.2) is 14.6 Å². The molecule has 4 heterocycles. The number of nitrogens with zero attached hydrogens (tertiary/aromatic N) is 7. The topological polar surface area (TPSA) is 131 Å². The van der Waals surface area contributed by atoms with Crippen molar-refractivity contribution < 1.29 is 9.21 Å². The van der Waals surface area contributed by atoms with Crippen LogP contribution in [0.1, 0.15) is 30.0 Å². The molecule has 11 nitrogen and oxygen atoms in total. The highest BCUT2D eigenvalue weighted by molar-refractivity contribution is 5.98. The van der Waals surface area contributed by atoms with Gasteiger partial charge in [0.15, 0.2) is 11.2 Å². The predicted molar refractivity (Wildman–Crippen MR) is 155 cm³/mol. The number of aromatic nitrogens is 5. The Balaban J connectivity index is 1.25. The quantitative estimate of drug-likeness (QED) is 0.324. The number of carbonyl (C=O) groups excluding carboxylic acids is 1. The van der Waals surface area contributed by atoms with Crippen molar-refractivity contribution in [3.63, 3.8) is 0 Å². The second kappa shape index (κ2) is 10.2. The maximum absolute atomic E-state index is 12.5. The third kappa shape index (κ3) is 4.84. The minimum absolute atomic E-state index is 0.112. The summed E-state index contributed by atoms with van der Waals surface area (Å²) in [6.07, 6.45) is 3.07. The number of likely N-dealkylation sites (tertiary alicyclic amines) is 1. The summed E-state index contributed by atoms with van der Waals surface area (Å²) in [6.45, 7) is 5.85. The van der Waals surface area contributed by atoms with Gasteiger partial charge in [0.1, 0.15) is 23.4 Å². The first-order chi connectivity index (χ1) is 19.3. The minimum Gasteiger partial charge on any atom is -0.423 e. The zero-order chi connectivity index (χ0) is 28.0. The first kappa shape index (κ1) is 25.8. The summed E-state index contributed by atoms with van der Waals surface area (Å²) in [6, 6.07) is 12.5. The number of aryl methyl sites for hydroxylation is 2. The summed E-state index contributed by atoms with van der Waals surface area (Å²) in [5, 5.41) is 8.99. The molecule has 0 radical (unpaired) electrons. The van der Waals surface area contributed by atoms with E-state index in [0.717, 1.165) is 57.4 Å². The Morgan fingerprint density at radius 3 is 2.60 bits per heavy atom. The highest BCUT2D eigenvalue weighted by Gasteiger charge is 2.28. The third-order valence-electron chi connectivity index (χ3n) is 7.36. The fourth-order valence-electron chi connectivity index (χ4n) is 5.45. The van der Waals surface area contributed by atoms with Gasteiger partial charge in [-0.2, -0.15) is 10.1 Å². The molecule has 0 saturated carbocycles. The van der Waals surface area contributed by atoms with Crippen LogP contribution >= 0.6 is 0 Å². The molecule has 6 rings (SSSR count). The maximum Gasteiger partial charge on any atom is 0.300 e. The van der Waals surface area contributed by atoms with Crippen LogP contribution in [0.2, 0.25) is 0 Å². The number of likely N-dealkylation sites (N-methyl/N-ethyl adjacent to an activating group) is 1. The van der Waals surface area contributed by atoms with E-state index < -0.39 is 0 Å². The number of piperidine rings is 1. The Kier molecular flexibility index (Phi) is 6.59. The van der Waals surface area contributed by atoms with Gasteiger partial charge in [0.2, 0.25) is 5.91 Å². The van der Waals surface area contributed by atoms with Crippen molar-refractivity contribution in [2.24, 2.45) is 0 Å². The SMILES string of the molecule is Cc1cc(C)c2oc(Nc3ccc(-c4nn(C5CCN(C(=O)CN(C)C)CC5)c5ncnc(N)c45)cc3)nc2c1. The number of nitrogen functional groups attached to an aromatic ring is 1. The van der Waals surface area contributed by atoms with E-state index in [1.807, 2.05) is 72.8 Å². The van der Waals surface area contributed by atoms with Crippen LogP contribution in [0.5, 0.6) is 0 Å². The summed E-state index contributed by atoms with van der Waals surface area (Å²) < 4.78 is 7.92. The summed E-state index contributed by atoms with van der Waals surface area (Å²) in [4.78, 5) is 29.7. The number of oxazole rings is 1. The first-order valence-electron chi connectivity index (χ1n) is 13.4. The molecule has 0 spiro atoms. The summed E-state index contributed by atoms with van der Waals surface area (Å²) in [7, 11) is 3.82. The predicted octanol–water partition coefficient (Wildman–Crippen LogP) is 4.30. The van der Waals surface area contributed by atoms with Crippen LogP contribution in [-0.2, 0) is 4.79 Å². The molecule has 0 unspecified atom stereocenters. The number of carbonyl (C=O) groups is 1. The molecular formula is C29H33N9O2. The number of hydrogen-bond donors (Lipinski definition) is 2. The number of amides is 1. The summed E-state index contributed by atoms with van der Waals surface area (Å²) >= 11 is 0. The highest BCUT2D eigenvalue weighted by Crippen LogP contribution is 2.35. The van der Waals surface area contributed by atoms with Gasteiger partial charge in [-0.15, -0.1) is 0 Å². The van der Waals surface area contributed by atoms with Gasteiger partial charge in [0, 0.05) is 24.3 Å². The van der Waals surface area contributed by atoms with Crippen molar-refractivity contribution in [1.29, 1.82) is 0 Å². The molecule has 1 fully saturated rings. The van der Waals surface area contributed by atoms with E-state index in [-0.39, 0.29) is 11.9 Å². The molecule has 1 saturated heterocycles. The molecule has 0 bridgehead atoms. The van der Waals surface area contributed by atoms with Crippen LogP contribution in [-0.4, -0.2) is 74.2 Å². The molecule has 11 heteroatoms. The van der Waals surface area contributed by atoms with Crippen molar-refractivity contribution in [1.82, 2.24) is 34.5 Å². The number of hydrogen-bond acceptors (Lipinski definition) is 9. The average Bonchev–Trinajstić information content (AvgIpc) is 3.51. The average molecular weight is 540 g/mol. The van der Waals surface area contributed by atoms with Crippen molar-refractivity contribution >= 4 is 45.6 Å². The number of rotatable bonds is 6. The number of fused-ring (bicyclic) bond motifs is 2. The van der Waals surface area contributed by atoms with Gasteiger partial charge in [-0.3, -0.25) is 4.79 Å².